The van der Waals surface area contributed by atoms with Crippen LogP contribution in [0.4, 0.5) is 0 Å². The molecule has 1 aromatic carbocycles. The van der Waals surface area contributed by atoms with Crippen LogP contribution in [0.25, 0.3) is 5.69 Å². The van der Waals surface area contributed by atoms with Gasteiger partial charge in [-0.05, 0) is 38.1 Å². The number of aryl methyl sites for hydroxylation is 2. The van der Waals surface area contributed by atoms with Crippen LogP contribution < -0.4 is 10.3 Å². The molecule has 0 atom stereocenters. The molecule has 3 rings (SSSR count). The van der Waals surface area contributed by atoms with Gasteiger partial charge in [0.05, 0.1) is 10.0 Å². The summed E-state index contributed by atoms with van der Waals surface area (Å²) in [5.74, 6) is -1.03. The molecule has 0 bridgehead atoms. The summed E-state index contributed by atoms with van der Waals surface area (Å²) in [6.45, 7) is 3.35. The van der Waals surface area contributed by atoms with E-state index in [2.05, 4.69) is 5.10 Å². The largest absolute Gasteiger partial charge is 0.480 e. The van der Waals surface area contributed by atoms with E-state index in [1.165, 1.54) is 6.07 Å². The molecule has 0 aliphatic rings. The first-order chi connectivity index (χ1) is 12.8. The van der Waals surface area contributed by atoms with Crippen LogP contribution in [-0.4, -0.2) is 25.4 Å². The van der Waals surface area contributed by atoms with Gasteiger partial charge >= 0.3 is 5.97 Å². The van der Waals surface area contributed by atoms with Crippen LogP contribution in [0.2, 0.25) is 10.0 Å². The first kappa shape index (κ1) is 19.0. The Morgan fingerprint density at radius 2 is 1.70 bits per heavy atom. The quantitative estimate of drug-likeness (QED) is 0.694. The second-order valence-corrected chi connectivity index (χ2v) is 6.67. The van der Waals surface area contributed by atoms with Crippen LogP contribution >= 0.6 is 23.2 Å². The number of benzene rings is 1. The number of aliphatic carboxylic acids is 1. The SMILES string of the molecule is Cc1ccc(C)n1-c1cc(Cl)c(Oc2ccc(=O)n(CC(=O)O)n2)c(Cl)c1. The molecule has 0 aliphatic heterocycles. The Bertz CT molecular complexity index is 1050. The molecular formula is C18H15Cl2N3O4. The van der Waals surface area contributed by atoms with Gasteiger partial charge in [0.25, 0.3) is 5.56 Å². The maximum absolute atomic E-state index is 11.7. The molecule has 3 aromatic rings. The van der Waals surface area contributed by atoms with E-state index in [-0.39, 0.29) is 21.7 Å². The van der Waals surface area contributed by atoms with Crippen molar-refractivity contribution >= 4 is 29.2 Å². The van der Waals surface area contributed by atoms with Gasteiger partial charge in [-0.15, -0.1) is 5.10 Å². The van der Waals surface area contributed by atoms with Gasteiger partial charge in [-0.2, -0.15) is 0 Å². The third kappa shape index (κ3) is 3.99. The zero-order valence-corrected chi connectivity index (χ0v) is 16.0. The molecule has 9 heteroatoms. The third-order valence-corrected chi connectivity index (χ3v) is 4.41. The summed E-state index contributed by atoms with van der Waals surface area (Å²) in [4.78, 5) is 22.5. The minimum atomic E-state index is -1.19. The highest BCUT2D eigenvalue weighted by atomic mass is 35.5. The number of ether oxygens (including phenoxy) is 1. The Balaban J connectivity index is 1.97. The molecule has 0 amide bonds. The van der Waals surface area contributed by atoms with Gasteiger partial charge in [0.1, 0.15) is 6.54 Å². The average Bonchev–Trinajstić information content (AvgIpc) is 2.92. The molecule has 0 fully saturated rings. The zero-order chi connectivity index (χ0) is 19.7. The van der Waals surface area contributed by atoms with E-state index in [1.54, 1.807) is 12.1 Å². The van der Waals surface area contributed by atoms with Crippen LogP contribution in [0.1, 0.15) is 11.4 Å². The smallest absolute Gasteiger partial charge is 0.325 e. The van der Waals surface area contributed by atoms with Crippen molar-refractivity contribution in [2.75, 3.05) is 0 Å². The summed E-state index contributed by atoms with van der Waals surface area (Å²) in [6.07, 6.45) is 0. The van der Waals surface area contributed by atoms with Crippen molar-refractivity contribution in [3.8, 4) is 17.3 Å². The van der Waals surface area contributed by atoms with Crippen LogP contribution in [-0.2, 0) is 11.3 Å². The van der Waals surface area contributed by atoms with Gasteiger partial charge in [-0.25, -0.2) is 4.68 Å². The molecule has 0 saturated heterocycles. The highest BCUT2D eigenvalue weighted by molar-refractivity contribution is 6.37. The molecular weight excluding hydrogens is 393 g/mol. The van der Waals surface area contributed by atoms with E-state index in [0.29, 0.717) is 0 Å². The van der Waals surface area contributed by atoms with E-state index in [1.807, 2.05) is 30.5 Å². The van der Waals surface area contributed by atoms with Crippen molar-refractivity contribution in [3.05, 3.63) is 68.2 Å². The van der Waals surface area contributed by atoms with Gasteiger partial charge in [0, 0.05) is 29.2 Å². The topological polar surface area (TPSA) is 86.3 Å². The molecule has 0 unspecified atom stereocenters. The Labute approximate surface area is 164 Å². The van der Waals surface area contributed by atoms with Crippen molar-refractivity contribution in [2.24, 2.45) is 0 Å². The number of nitrogens with zero attached hydrogens (tertiary/aromatic N) is 3. The second-order valence-electron chi connectivity index (χ2n) is 5.85. The van der Waals surface area contributed by atoms with E-state index in [0.717, 1.165) is 27.8 Å². The number of carboxylic acid groups (broad SMARTS) is 1. The monoisotopic (exact) mass is 407 g/mol. The number of aromatic nitrogens is 3. The van der Waals surface area contributed by atoms with Gasteiger partial charge in [0.15, 0.2) is 5.75 Å². The fourth-order valence-electron chi connectivity index (χ4n) is 2.68. The van der Waals surface area contributed by atoms with E-state index < -0.39 is 18.1 Å². The number of halogens is 2. The minimum Gasteiger partial charge on any atom is -0.480 e. The fourth-order valence-corrected chi connectivity index (χ4v) is 3.23. The maximum Gasteiger partial charge on any atom is 0.325 e. The lowest BCUT2D eigenvalue weighted by molar-refractivity contribution is -0.138. The molecule has 0 spiro atoms. The summed E-state index contributed by atoms with van der Waals surface area (Å²) in [5.41, 5.74) is 2.27. The average molecular weight is 408 g/mol. The highest BCUT2D eigenvalue weighted by Gasteiger charge is 2.15. The van der Waals surface area contributed by atoms with Crippen molar-refractivity contribution < 1.29 is 14.6 Å². The van der Waals surface area contributed by atoms with Crippen LogP contribution in [0.15, 0.2) is 41.2 Å². The predicted molar refractivity (Wildman–Crippen MR) is 101 cm³/mol. The molecule has 7 nitrogen and oxygen atoms in total. The lowest BCUT2D eigenvalue weighted by atomic mass is 10.2. The number of carbonyl (C=O) groups is 1. The van der Waals surface area contributed by atoms with Gasteiger partial charge in [-0.3, -0.25) is 9.59 Å². The van der Waals surface area contributed by atoms with E-state index >= 15 is 0 Å². The molecule has 140 valence electrons. The summed E-state index contributed by atoms with van der Waals surface area (Å²) in [7, 11) is 0. The lowest BCUT2D eigenvalue weighted by Gasteiger charge is -2.14. The number of hydrogen-bond donors (Lipinski definition) is 1. The summed E-state index contributed by atoms with van der Waals surface area (Å²) in [5, 5.41) is 13.2. The Kier molecular flexibility index (Phi) is 5.25. The van der Waals surface area contributed by atoms with Gasteiger partial charge < -0.3 is 14.4 Å². The van der Waals surface area contributed by atoms with Crippen LogP contribution in [0.5, 0.6) is 11.6 Å². The summed E-state index contributed by atoms with van der Waals surface area (Å²) >= 11 is 12.7. The molecule has 0 aliphatic carbocycles. The van der Waals surface area contributed by atoms with Crippen LogP contribution in [0.3, 0.4) is 0 Å². The Morgan fingerprint density at radius 3 is 2.26 bits per heavy atom. The van der Waals surface area contributed by atoms with E-state index in [9.17, 15) is 9.59 Å². The molecule has 27 heavy (non-hydrogen) atoms. The first-order valence-electron chi connectivity index (χ1n) is 7.88. The summed E-state index contributed by atoms with van der Waals surface area (Å²) in [6, 6.07) is 9.86. The lowest BCUT2D eigenvalue weighted by Crippen LogP contribution is -2.25. The van der Waals surface area contributed by atoms with E-state index in [4.69, 9.17) is 33.0 Å². The molecule has 0 saturated carbocycles. The normalized spacial score (nSPS) is 10.8. The molecule has 2 heterocycles. The minimum absolute atomic E-state index is 0.000672. The first-order valence-corrected chi connectivity index (χ1v) is 8.64. The van der Waals surface area contributed by atoms with Crippen LogP contribution in [0, 0.1) is 13.8 Å². The van der Waals surface area contributed by atoms with Crippen molar-refractivity contribution in [2.45, 2.75) is 20.4 Å². The fraction of sp³-hybridized carbons (Fsp3) is 0.167. The molecule has 0 radical (unpaired) electrons. The zero-order valence-electron chi connectivity index (χ0n) is 14.4. The third-order valence-electron chi connectivity index (χ3n) is 3.85. The number of rotatable bonds is 5. The maximum atomic E-state index is 11.7. The van der Waals surface area contributed by atoms with Crippen molar-refractivity contribution in [1.29, 1.82) is 0 Å². The highest BCUT2D eigenvalue weighted by Crippen LogP contribution is 2.38. The second kappa shape index (κ2) is 7.46. The summed E-state index contributed by atoms with van der Waals surface area (Å²) < 4.78 is 8.38. The molecule has 2 aromatic heterocycles. The van der Waals surface area contributed by atoms with Crippen molar-refractivity contribution in [1.82, 2.24) is 14.3 Å². The predicted octanol–water partition coefficient (Wildman–Crippen LogP) is 3.83. The number of carboxylic acids is 1. The van der Waals surface area contributed by atoms with Crippen molar-refractivity contribution in [3.63, 3.8) is 0 Å². The Morgan fingerprint density at radius 1 is 1.11 bits per heavy atom. The number of hydrogen-bond acceptors (Lipinski definition) is 4. The van der Waals surface area contributed by atoms with Gasteiger partial charge in [-0.1, -0.05) is 23.2 Å². The Hall–Kier alpha value is -2.77. The standard InChI is InChI=1S/C18H15Cl2N3O4/c1-10-3-4-11(2)23(10)12-7-13(19)18(14(20)8-12)27-15-5-6-16(24)22(21-15)9-17(25)26/h3-8H,9H2,1-2H3,(H,25,26). The van der Waals surface area contributed by atoms with Gasteiger partial charge in [0.2, 0.25) is 5.88 Å². The molecule has 1 N–H and O–H groups in total.